The van der Waals surface area contributed by atoms with Gasteiger partial charge in [-0.25, -0.2) is 4.79 Å². The van der Waals surface area contributed by atoms with Gasteiger partial charge in [-0.15, -0.1) is 0 Å². The van der Waals surface area contributed by atoms with Gasteiger partial charge in [-0.2, -0.15) is 5.26 Å². The predicted octanol–water partition coefficient (Wildman–Crippen LogP) is 6.26. The van der Waals surface area contributed by atoms with E-state index in [1.807, 2.05) is 0 Å². The van der Waals surface area contributed by atoms with E-state index >= 15 is 0 Å². The summed E-state index contributed by atoms with van der Waals surface area (Å²) in [4.78, 5) is 14.3. The van der Waals surface area contributed by atoms with Crippen molar-refractivity contribution in [2.45, 2.75) is 110 Å². The van der Waals surface area contributed by atoms with E-state index in [4.69, 9.17) is 5.26 Å². The predicted molar refractivity (Wildman–Crippen MR) is 88.3 cm³/mol. The van der Waals surface area contributed by atoms with E-state index in [1.165, 1.54) is 83.5 Å². The fraction of sp³-hybridized carbons (Fsp3) is 0.944. The van der Waals surface area contributed by atoms with E-state index in [-0.39, 0.29) is 21.7 Å². The van der Waals surface area contributed by atoms with Crippen LogP contribution in [0.2, 0.25) is 0 Å². The molecule has 3 nitrogen and oxygen atoms in total. The van der Waals surface area contributed by atoms with Crippen molar-refractivity contribution in [3.8, 4) is 0 Å². The van der Waals surface area contributed by atoms with Crippen LogP contribution in [0.3, 0.4) is 0 Å². The molecule has 0 bridgehead atoms. The first kappa shape index (κ1) is 24.4. The Kier molecular flexibility index (Phi) is 23.4. The molecule has 0 saturated heterocycles. The molecule has 22 heavy (non-hydrogen) atoms. The molecule has 0 spiro atoms. The van der Waals surface area contributed by atoms with E-state index in [0.717, 1.165) is 12.8 Å². The van der Waals surface area contributed by atoms with Crippen LogP contribution >= 0.6 is 0 Å². The maximum atomic E-state index is 10.7. The van der Waals surface area contributed by atoms with Gasteiger partial charge in [0.25, 0.3) is 0 Å². The molecule has 0 aromatic heterocycles. The van der Waals surface area contributed by atoms with Crippen molar-refractivity contribution in [3.05, 3.63) is 0 Å². The van der Waals surface area contributed by atoms with Crippen molar-refractivity contribution in [3.63, 3.8) is 0 Å². The van der Waals surface area contributed by atoms with E-state index in [9.17, 15) is 4.79 Å². The average Bonchev–Trinajstić information content (AvgIpc) is 2.50. The number of hydrogen-bond donors (Lipinski definition) is 1. The zero-order chi connectivity index (χ0) is 15.6. The van der Waals surface area contributed by atoms with Gasteiger partial charge >= 0.3 is 27.7 Å². The summed E-state index contributed by atoms with van der Waals surface area (Å²) in [5, 5.41) is 8.10. The van der Waals surface area contributed by atoms with Crippen LogP contribution in [0.4, 0.5) is 0 Å². The van der Waals surface area contributed by atoms with Crippen molar-refractivity contribution in [2.24, 2.45) is 0 Å². The van der Waals surface area contributed by atoms with Crippen LogP contribution in [0.5, 0.6) is 0 Å². The van der Waals surface area contributed by atoms with Crippen LogP contribution in [0.25, 0.3) is 0 Å². The molecule has 0 amide bonds. The molecule has 0 fully saturated rings. The molecule has 0 aromatic rings. The summed E-state index contributed by atoms with van der Waals surface area (Å²) in [5.74, 6) is -0.510. The average molecular weight is 348 g/mol. The Hall–Kier alpha value is 0.144. The SMILES string of the molecule is CCCCCCCCCCCCCCCCCC(=O)OO.[Ti+2]. The molecule has 0 unspecified atom stereocenters. The summed E-state index contributed by atoms with van der Waals surface area (Å²) in [6.45, 7) is 2.27. The Labute approximate surface area is 152 Å². The van der Waals surface area contributed by atoms with Gasteiger partial charge in [-0.05, 0) is 6.42 Å². The molecule has 0 radical (unpaired) electrons. The summed E-state index contributed by atoms with van der Waals surface area (Å²) in [6, 6.07) is 0. The molecule has 0 aliphatic rings. The fourth-order valence-electron chi connectivity index (χ4n) is 2.69. The van der Waals surface area contributed by atoms with E-state index in [1.54, 1.807) is 0 Å². The van der Waals surface area contributed by atoms with Gasteiger partial charge in [-0.1, -0.05) is 96.8 Å². The number of rotatable bonds is 16. The van der Waals surface area contributed by atoms with Crippen LogP contribution in [-0.2, 0) is 31.4 Å². The van der Waals surface area contributed by atoms with Gasteiger partial charge in [0.2, 0.25) is 0 Å². The van der Waals surface area contributed by atoms with Crippen molar-refractivity contribution in [1.82, 2.24) is 0 Å². The second-order valence-electron chi connectivity index (χ2n) is 6.16. The van der Waals surface area contributed by atoms with Crippen molar-refractivity contribution in [1.29, 1.82) is 0 Å². The Morgan fingerprint density at radius 3 is 1.32 bits per heavy atom. The van der Waals surface area contributed by atoms with Gasteiger partial charge in [0.05, 0.1) is 0 Å². The zero-order valence-electron chi connectivity index (χ0n) is 14.6. The quantitative estimate of drug-likeness (QED) is 0.155. The summed E-state index contributed by atoms with van der Waals surface area (Å²) in [6.07, 6.45) is 20.0. The minimum Gasteiger partial charge on any atom is -0.301 e. The number of carbonyl (C=O) groups is 1. The third-order valence-corrected chi connectivity index (χ3v) is 4.09. The largest absolute Gasteiger partial charge is 2.00 e. The Bertz CT molecular complexity index is 222. The van der Waals surface area contributed by atoms with Crippen LogP contribution < -0.4 is 0 Å². The van der Waals surface area contributed by atoms with Crippen molar-refractivity contribution < 1.29 is 36.7 Å². The van der Waals surface area contributed by atoms with Gasteiger partial charge in [-0.3, -0.25) is 0 Å². The number of hydrogen-bond acceptors (Lipinski definition) is 3. The molecular weight excluding hydrogens is 312 g/mol. The van der Waals surface area contributed by atoms with Gasteiger partial charge in [0.1, 0.15) is 0 Å². The minimum atomic E-state index is -0.510. The Morgan fingerprint density at radius 1 is 0.682 bits per heavy atom. The monoisotopic (exact) mass is 348 g/mol. The topological polar surface area (TPSA) is 46.5 Å². The van der Waals surface area contributed by atoms with Gasteiger partial charge < -0.3 is 4.89 Å². The van der Waals surface area contributed by atoms with Crippen molar-refractivity contribution in [2.75, 3.05) is 0 Å². The maximum Gasteiger partial charge on any atom is 2.00 e. The summed E-state index contributed by atoms with van der Waals surface area (Å²) >= 11 is 0. The number of carbonyl (C=O) groups excluding carboxylic acids is 1. The molecule has 1 N–H and O–H groups in total. The minimum absolute atomic E-state index is 0. The molecule has 128 valence electrons. The molecule has 0 aliphatic carbocycles. The number of unbranched alkanes of at least 4 members (excludes halogenated alkanes) is 14. The summed E-state index contributed by atoms with van der Waals surface area (Å²) in [7, 11) is 0. The van der Waals surface area contributed by atoms with Crippen LogP contribution in [0, 0.1) is 0 Å². The third-order valence-electron chi connectivity index (χ3n) is 4.09. The molecule has 4 heteroatoms. The second kappa shape index (κ2) is 21.1. The first-order valence-electron chi connectivity index (χ1n) is 9.15. The van der Waals surface area contributed by atoms with E-state index < -0.39 is 5.97 Å². The molecule has 0 aliphatic heterocycles. The standard InChI is InChI=1S/C18H36O3.Ti/c1-2-3-4-5-6-7-8-9-10-11-12-13-14-15-16-17-18(19)21-20;/h20H,2-17H2,1H3;/q;+2. The third kappa shape index (κ3) is 20.1. The van der Waals surface area contributed by atoms with E-state index in [2.05, 4.69) is 11.8 Å². The molecule has 0 heterocycles. The van der Waals surface area contributed by atoms with Crippen molar-refractivity contribution >= 4 is 5.97 Å². The smallest absolute Gasteiger partial charge is 0.301 e. The Balaban J connectivity index is 0. The first-order valence-corrected chi connectivity index (χ1v) is 9.15. The van der Waals surface area contributed by atoms with Crippen LogP contribution in [-0.4, -0.2) is 11.2 Å². The van der Waals surface area contributed by atoms with Gasteiger partial charge in [0, 0.05) is 6.42 Å². The second-order valence-corrected chi connectivity index (χ2v) is 6.16. The summed E-state index contributed by atoms with van der Waals surface area (Å²) in [5.41, 5.74) is 0. The first-order chi connectivity index (χ1) is 10.3. The van der Waals surface area contributed by atoms with Crippen LogP contribution in [0.1, 0.15) is 110 Å². The maximum absolute atomic E-state index is 10.7. The molecular formula is C18H36O3Ti+2. The van der Waals surface area contributed by atoms with Gasteiger partial charge in [0.15, 0.2) is 0 Å². The van der Waals surface area contributed by atoms with E-state index in [0.29, 0.717) is 6.42 Å². The Morgan fingerprint density at radius 2 is 1.00 bits per heavy atom. The zero-order valence-corrected chi connectivity index (χ0v) is 16.1. The molecule has 0 rings (SSSR count). The molecule has 0 aromatic carbocycles. The summed E-state index contributed by atoms with van der Waals surface area (Å²) < 4.78 is 0. The fourth-order valence-corrected chi connectivity index (χ4v) is 2.69. The normalized spacial score (nSPS) is 10.3. The molecule has 0 saturated carbocycles. The van der Waals surface area contributed by atoms with Crippen LogP contribution in [0.15, 0.2) is 0 Å². The molecule has 0 atom stereocenters.